The molecule has 0 bridgehead atoms. The number of morpholine rings is 1. The third kappa shape index (κ3) is 3.53. The number of carboxylic acids is 1. The third-order valence-corrected chi connectivity index (χ3v) is 4.33. The molecule has 0 radical (unpaired) electrons. The van der Waals surface area contributed by atoms with Gasteiger partial charge in [-0.1, -0.05) is 6.42 Å². The fourth-order valence-electron chi connectivity index (χ4n) is 3.12. The van der Waals surface area contributed by atoms with Gasteiger partial charge in [-0.3, -0.25) is 14.4 Å². The summed E-state index contributed by atoms with van der Waals surface area (Å²) in [6.45, 7) is 0.986. The Bertz CT molecular complexity index is 426. The van der Waals surface area contributed by atoms with E-state index in [9.17, 15) is 14.4 Å². The predicted octanol–water partition coefficient (Wildman–Crippen LogP) is -0.149. The van der Waals surface area contributed by atoms with E-state index in [0.717, 1.165) is 6.42 Å². The van der Waals surface area contributed by atoms with E-state index in [-0.39, 0.29) is 24.3 Å². The van der Waals surface area contributed by atoms with Gasteiger partial charge in [0.2, 0.25) is 11.8 Å². The highest BCUT2D eigenvalue weighted by Crippen LogP contribution is 2.31. The molecule has 3 unspecified atom stereocenters. The maximum atomic E-state index is 12.6. The van der Waals surface area contributed by atoms with E-state index in [1.165, 1.54) is 7.05 Å². The van der Waals surface area contributed by atoms with Crippen molar-refractivity contribution in [1.29, 1.82) is 0 Å². The Kier molecular flexibility index (Phi) is 5.17. The lowest BCUT2D eigenvalue weighted by molar-refractivity contribution is -0.154. The smallest absolute Gasteiger partial charge is 0.306 e. The van der Waals surface area contributed by atoms with E-state index < -0.39 is 17.9 Å². The van der Waals surface area contributed by atoms with Crippen molar-refractivity contribution in [3.63, 3.8) is 0 Å². The molecule has 0 aromatic heterocycles. The lowest BCUT2D eigenvalue weighted by Crippen LogP contribution is -2.57. The molecule has 1 saturated carbocycles. The zero-order valence-corrected chi connectivity index (χ0v) is 12.2. The summed E-state index contributed by atoms with van der Waals surface area (Å²) < 4.78 is 5.28. The van der Waals surface area contributed by atoms with Crippen molar-refractivity contribution in [2.75, 3.05) is 26.8 Å². The van der Waals surface area contributed by atoms with Crippen LogP contribution in [0.15, 0.2) is 0 Å². The largest absolute Gasteiger partial charge is 0.481 e. The van der Waals surface area contributed by atoms with Crippen LogP contribution in [0.1, 0.15) is 25.7 Å². The molecule has 21 heavy (non-hydrogen) atoms. The Morgan fingerprint density at radius 2 is 1.95 bits per heavy atom. The van der Waals surface area contributed by atoms with Crippen LogP contribution in [0.3, 0.4) is 0 Å². The van der Waals surface area contributed by atoms with Crippen LogP contribution >= 0.6 is 0 Å². The van der Waals surface area contributed by atoms with Crippen LogP contribution in [0.25, 0.3) is 0 Å². The van der Waals surface area contributed by atoms with Crippen LogP contribution in [-0.2, 0) is 19.1 Å². The molecule has 0 aromatic rings. The van der Waals surface area contributed by atoms with Crippen LogP contribution in [0.4, 0.5) is 0 Å². The number of aliphatic carboxylic acids is 1. The van der Waals surface area contributed by atoms with Crippen molar-refractivity contribution in [3.8, 4) is 0 Å². The topological polar surface area (TPSA) is 95.9 Å². The summed E-state index contributed by atoms with van der Waals surface area (Å²) in [6.07, 6.45) is 2.43. The molecule has 2 N–H and O–H groups in total. The van der Waals surface area contributed by atoms with Crippen molar-refractivity contribution < 1.29 is 24.2 Å². The van der Waals surface area contributed by atoms with Crippen LogP contribution in [0.5, 0.6) is 0 Å². The van der Waals surface area contributed by atoms with E-state index in [4.69, 9.17) is 9.84 Å². The Labute approximate surface area is 123 Å². The molecular weight excluding hydrogens is 276 g/mol. The second-order valence-electron chi connectivity index (χ2n) is 5.64. The second kappa shape index (κ2) is 6.89. The fourth-order valence-corrected chi connectivity index (χ4v) is 3.12. The molecule has 0 spiro atoms. The fraction of sp³-hybridized carbons (Fsp3) is 0.786. The number of nitrogens with one attached hydrogen (secondary N) is 1. The van der Waals surface area contributed by atoms with Gasteiger partial charge in [-0.25, -0.2) is 0 Å². The quantitative estimate of drug-likeness (QED) is 0.755. The molecule has 2 fully saturated rings. The molecule has 1 saturated heterocycles. The van der Waals surface area contributed by atoms with Gasteiger partial charge in [-0.05, 0) is 19.3 Å². The summed E-state index contributed by atoms with van der Waals surface area (Å²) in [5.41, 5.74) is 0. The first-order chi connectivity index (χ1) is 10.0. The monoisotopic (exact) mass is 298 g/mol. The zero-order chi connectivity index (χ0) is 15.4. The molecule has 7 heteroatoms. The molecule has 7 nitrogen and oxygen atoms in total. The summed E-state index contributed by atoms with van der Waals surface area (Å²) in [7, 11) is 1.53. The number of carbonyl (C=O) groups excluding carboxylic acids is 2. The Balaban J connectivity index is 2.06. The number of nitrogens with zero attached hydrogens (tertiary/aromatic N) is 1. The SMILES string of the molecule is CNC(=O)C1COCCN1C(=O)C1CCCC(C(=O)O)C1. The van der Waals surface area contributed by atoms with Crippen LogP contribution in [-0.4, -0.2) is 60.6 Å². The minimum atomic E-state index is -0.836. The van der Waals surface area contributed by atoms with Crippen LogP contribution < -0.4 is 5.32 Å². The number of carboxylic acid groups (broad SMARTS) is 1. The Morgan fingerprint density at radius 3 is 2.62 bits per heavy atom. The third-order valence-electron chi connectivity index (χ3n) is 4.33. The normalized spacial score (nSPS) is 29.8. The van der Waals surface area contributed by atoms with Gasteiger partial charge in [-0.15, -0.1) is 0 Å². The molecule has 3 atom stereocenters. The van der Waals surface area contributed by atoms with E-state index in [1.807, 2.05) is 0 Å². The number of ether oxygens (including phenoxy) is 1. The van der Waals surface area contributed by atoms with Gasteiger partial charge in [0.25, 0.3) is 0 Å². The van der Waals surface area contributed by atoms with Crippen LogP contribution in [0, 0.1) is 11.8 Å². The van der Waals surface area contributed by atoms with E-state index in [2.05, 4.69) is 5.32 Å². The number of hydrogen-bond donors (Lipinski definition) is 2. The summed E-state index contributed by atoms with van der Waals surface area (Å²) in [4.78, 5) is 37.2. The first-order valence-corrected chi connectivity index (χ1v) is 7.37. The Morgan fingerprint density at radius 1 is 1.24 bits per heavy atom. The lowest BCUT2D eigenvalue weighted by Gasteiger charge is -2.38. The summed E-state index contributed by atoms with van der Waals surface area (Å²) in [6, 6.07) is -0.610. The van der Waals surface area contributed by atoms with Gasteiger partial charge in [0.05, 0.1) is 19.1 Å². The van der Waals surface area contributed by atoms with Gasteiger partial charge >= 0.3 is 5.97 Å². The van der Waals surface area contributed by atoms with Crippen molar-refractivity contribution in [1.82, 2.24) is 10.2 Å². The van der Waals surface area contributed by atoms with Gasteiger partial charge in [0.1, 0.15) is 6.04 Å². The van der Waals surface area contributed by atoms with Gasteiger partial charge in [0, 0.05) is 19.5 Å². The average molecular weight is 298 g/mol. The van der Waals surface area contributed by atoms with E-state index in [0.29, 0.717) is 32.4 Å². The van der Waals surface area contributed by atoms with Crippen LogP contribution in [0.2, 0.25) is 0 Å². The number of amides is 2. The predicted molar refractivity (Wildman–Crippen MR) is 73.5 cm³/mol. The number of likely N-dealkylation sites (N-methyl/N-ethyl adjacent to an activating group) is 1. The molecule has 2 rings (SSSR count). The van der Waals surface area contributed by atoms with Gasteiger partial charge in [0.15, 0.2) is 0 Å². The zero-order valence-electron chi connectivity index (χ0n) is 12.2. The number of hydrogen-bond acceptors (Lipinski definition) is 4. The summed E-state index contributed by atoms with van der Waals surface area (Å²) in [5, 5.41) is 11.7. The first kappa shape index (κ1) is 15.8. The van der Waals surface area contributed by atoms with E-state index >= 15 is 0 Å². The van der Waals surface area contributed by atoms with Crippen molar-refractivity contribution in [2.24, 2.45) is 11.8 Å². The molecule has 2 amide bonds. The van der Waals surface area contributed by atoms with Crippen molar-refractivity contribution in [3.05, 3.63) is 0 Å². The summed E-state index contributed by atoms with van der Waals surface area (Å²) in [5.74, 6) is -1.94. The molecule has 2 aliphatic rings. The number of rotatable bonds is 3. The highest BCUT2D eigenvalue weighted by atomic mass is 16.5. The minimum Gasteiger partial charge on any atom is -0.481 e. The Hall–Kier alpha value is -1.63. The van der Waals surface area contributed by atoms with Gasteiger partial charge < -0.3 is 20.1 Å². The lowest BCUT2D eigenvalue weighted by atomic mass is 9.80. The minimum absolute atomic E-state index is 0.113. The second-order valence-corrected chi connectivity index (χ2v) is 5.64. The highest BCUT2D eigenvalue weighted by molar-refractivity contribution is 5.89. The molecule has 1 aliphatic carbocycles. The molecule has 0 aromatic carbocycles. The molecule has 1 heterocycles. The average Bonchev–Trinajstić information content (AvgIpc) is 2.53. The molecule has 1 aliphatic heterocycles. The van der Waals surface area contributed by atoms with Crippen molar-refractivity contribution >= 4 is 17.8 Å². The maximum Gasteiger partial charge on any atom is 0.306 e. The van der Waals surface area contributed by atoms with E-state index in [1.54, 1.807) is 4.90 Å². The van der Waals surface area contributed by atoms with Gasteiger partial charge in [-0.2, -0.15) is 0 Å². The summed E-state index contributed by atoms with van der Waals surface area (Å²) >= 11 is 0. The highest BCUT2D eigenvalue weighted by Gasteiger charge is 2.38. The number of carbonyl (C=O) groups is 3. The molecular formula is C14H22N2O5. The maximum absolute atomic E-state index is 12.6. The first-order valence-electron chi connectivity index (χ1n) is 7.37. The molecule has 118 valence electrons. The standard InChI is InChI=1S/C14H22N2O5/c1-15-12(17)11-8-21-6-5-16(11)13(18)9-3-2-4-10(7-9)14(19)20/h9-11H,2-8H2,1H3,(H,15,17)(H,19,20). The van der Waals surface area contributed by atoms with Crippen molar-refractivity contribution in [2.45, 2.75) is 31.7 Å².